The summed E-state index contributed by atoms with van der Waals surface area (Å²) in [5.74, 6) is -0.817. The molecule has 0 bridgehead atoms. The standard InChI is InChI=1S/C37H48FN7O5/c38-31-11-10-25(23-32-28-8-4-5-9-29(28)35(47)42-41-32)22-30(31)37(49)45-19-17-44(18-20-45)33(46)24-43-15-12-27(13-16-43)50-21-14-40-36(48)34(39)26-6-2-1-3-7-26/h4-5,8-11,22,26-27,34H,1-3,6-7,12-21,23-24,39H2,(H,40,48)(H,42,47)/t34-/m1/s1. The summed E-state index contributed by atoms with van der Waals surface area (Å²) >= 11 is 0. The zero-order valence-corrected chi connectivity index (χ0v) is 28.6. The number of rotatable bonds is 11. The second-order valence-corrected chi connectivity index (χ2v) is 13.8. The monoisotopic (exact) mass is 689 g/mol. The van der Waals surface area contributed by atoms with E-state index >= 15 is 0 Å². The molecule has 2 aromatic carbocycles. The number of fused-ring (bicyclic) bond motifs is 1. The van der Waals surface area contributed by atoms with Crippen LogP contribution < -0.4 is 16.6 Å². The van der Waals surface area contributed by atoms with Gasteiger partial charge in [-0.25, -0.2) is 9.49 Å². The third-order valence-electron chi connectivity index (χ3n) is 10.4. The Kier molecular flexibility index (Phi) is 11.9. The first-order valence-electron chi connectivity index (χ1n) is 18.0. The maximum absolute atomic E-state index is 14.9. The highest BCUT2D eigenvalue weighted by molar-refractivity contribution is 5.95. The van der Waals surface area contributed by atoms with Crippen molar-refractivity contribution in [1.82, 2.24) is 30.2 Å². The van der Waals surface area contributed by atoms with Crippen molar-refractivity contribution >= 4 is 28.5 Å². The average Bonchev–Trinajstić information content (AvgIpc) is 3.15. The second kappa shape index (κ2) is 16.7. The number of aromatic nitrogens is 2. The number of ether oxygens (including phenoxy) is 1. The first kappa shape index (κ1) is 35.6. The summed E-state index contributed by atoms with van der Waals surface area (Å²) in [4.78, 5) is 56.6. The van der Waals surface area contributed by atoms with Gasteiger partial charge in [0.1, 0.15) is 5.82 Å². The molecule has 0 spiro atoms. The van der Waals surface area contributed by atoms with Gasteiger partial charge in [-0.15, -0.1) is 0 Å². The molecule has 2 saturated heterocycles. The summed E-state index contributed by atoms with van der Waals surface area (Å²) in [6, 6.07) is 11.2. The normalized spacial score (nSPS) is 18.7. The Hall–Kier alpha value is -4.20. The first-order chi connectivity index (χ1) is 24.3. The Morgan fingerprint density at radius 3 is 2.38 bits per heavy atom. The number of piperazine rings is 1. The van der Waals surface area contributed by atoms with Gasteiger partial charge in [-0.3, -0.25) is 24.1 Å². The number of piperidine rings is 1. The molecule has 1 atom stereocenters. The number of hydrogen-bond donors (Lipinski definition) is 3. The van der Waals surface area contributed by atoms with E-state index in [2.05, 4.69) is 20.4 Å². The van der Waals surface area contributed by atoms with E-state index in [1.165, 1.54) is 12.5 Å². The molecule has 12 nitrogen and oxygen atoms in total. The van der Waals surface area contributed by atoms with Crippen LogP contribution in [0.5, 0.6) is 0 Å². The van der Waals surface area contributed by atoms with Crippen molar-refractivity contribution in [2.24, 2.45) is 11.7 Å². The summed E-state index contributed by atoms with van der Waals surface area (Å²) in [7, 11) is 0. The zero-order chi connectivity index (χ0) is 35.0. The molecule has 1 saturated carbocycles. The lowest BCUT2D eigenvalue weighted by molar-refractivity contribution is -0.134. The molecule has 2 aliphatic heterocycles. The van der Waals surface area contributed by atoms with E-state index in [-0.39, 0.29) is 35.0 Å². The summed E-state index contributed by atoms with van der Waals surface area (Å²) < 4.78 is 20.9. The molecule has 6 rings (SSSR count). The topological polar surface area (TPSA) is 154 Å². The molecule has 3 fully saturated rings. The van der Waals surface area contributed by atoms with Crippen LogP contribution in [0.2, 0.25) is 0 Å². The molecule has 3 heterocycles. The highest BCUT2D eigenvalue weighted by atomic mass is 19.1. The molecule has 4 N–H and O–H groups in total. The Bertz CT molecular complexity index is 1710. The molecule has 1 aromatic heterocycles. The van der Waals surface area contributed by atoms with E-state index in [1.807, 2.05) is 12.1 Å². The van der Waals surface area contributed by atoms with Gasteiger partial charge in [0.05, 0.1) is 41.9 Å². The number of nitrogens with one attached hydrogen (secondary N) is 2. The van der Waals surface area contributed by atoms with Crippen molar-refractivity contribution in [2.75, 3.05) is 59.0 Å². The molecule has 50 heavy (non-hydrogen) atoms. The number of hydrogen-bond acceptors (Lipinski definition) is 8. The lowest BCUT2D eigenvalue weighted by Gasteiger charge is -2.37. The lowest BCUT2D eigenvalue weighted by atomic mass is 9.84. The van der Waals surface area contributed by atoms with Gasteiger partial charge in [-0.1, -0.05) is 43.5 Å². The maximum atomic E-state index is 14.9. The molecule has 1 aliphatic carbocycles. The molecule has 13 heteroatoms. The number of benzene rings is 2. The van der Waals surface area contributed by atoms with Gasteiger partial charge in [0.2, 0.25) is 11.8 Å². The predicted molar refractivity (Wildman–Crippen MR) is 187 cm³/mol. The molecule has 268 valence electrons. The summed E-state index contributed by atoms with van der Waals surface area (Å²) in [5.41, 5.74) is 7.21. The first-order valence-corrected chi connectivity index (χ1v) is 18.0. The minimum Gasteiger partial charge on any atom is -0.376 e. The van der Waals surface area contributed by atoms with Gasteiger partial charge in [0.25, 0.3) is 11.5 Å². The Morgan fingerprint density at radius 1 is 0.940 bits per heavy atom. The van der Waals surface area contributed by atoms with E-state index in [0.717, 1.165) is 51.6 Å². The van der Waals surface area contributed by atoms with E-state index in [0.29, 0.717) is 74.3 Å². The van der Waals surface area contributed by atoms with Gasteiger partial charge >= 0.3 is 0 Å². The van der Waals surface area contributed by atoms with Crippen LogP contribution in [-0.2, 0) is 20.7 Å². The van der Waals surface area contributed by atoms with Crippen molar-refractivity contribution in [3.8, 4) is 0 Å². The van der Waals surface area contributed by atoms with Crippen LogP contribution in [0.3, 0.4) is 0 Å². The maximum Gasteiger partial charge on any atom is 0.272 e. The quantitative estimate of drug-likeness (QED) is 0.260. The fourth-order valence-electron chi connectivity index (χ4n) is 7.43. The van der Waals surface area contributed by atoms with Crippen molar-refractivity contribution < 1.29 is 23.5 Å². The van der Waals surface area contributed by atoms with Gasteiger partial charge < -0.3 is 25.6 Å². The number of nitrogens with two attached hydrogens (primary N) is 1. The summed E-state index contributed by atoms with van der Waals surface area (Å²) in [6.45, 7) is 4.07. The molecular weight excluding hydrogens is 641 g/mol. The predicted octanol–water partition coefficient (Wildman–Crippen LogP) is 2.44. The largest absolute Gasteiger partial charge is 0.376 e. The van der Waals surface area contributed by atoms with E-state index in [9.17, 15) is 23.6 Å². The van der Waals surface area contributed by atoms with E-state index < -0.39 is 17.8 Å². The average molecular weight is 690 g/mol. The zero-order valence-electron chi connectivity index (χ0n) is 28.6. The van der Waals surface area contributed by atoms with E-state index in [1.54, 1.807) is 34.1 Å². The molecule has 3 aromatic rings. The molecule has 3 aliphatic rings. The highest BCUT2D eigenvalue weighted by Gasteiger charge is 2.29. The second-order valence-electron chi connectivity index (χ2n) is 13.8. The molecule has 0 radical (unpaired) electrons. The Labute approximate surface area is 291 Å². The summed E-state index contributed by atoms with van der Waals surface area (Å²) in [5, 5.41) is 10.9. The van der Waals surface area contributed by atoms with Crippen LogP contribution in [0.25, 0.3) is 10.8 Å². The van der Waals surface area contributed by atoms with Crippen molar-refractivity contribution in [3.05, 3.63) is 75.5 Å². The van der Waals surface area contributed by atoms with Crippen molar-refractivity contribution in [2.45, 2.75) is 63.5 Å². The van der Waals surface area contributed by atoms with Crippen LogP contribution in [0.4, 0.5) is 4.39 Å². The van der Waals surface area contributed by atoms with Crippen molar-refractivity contribution in [1.29, 1.82) is 0 Å². The molecule has 3 amide bonds. The minimum absolute atomic E-state index is 0.0160. The van der Waals surface area contributed by atoms with Crippen LogP contribution in [0.15, 0.2) is 47.3 Å². The summed E-state index contributed by atoms with van der Waals surface area (Å²) in [6.07, 6.45) is 7.60. The van der Waals surface area contributed by atoms with Crippen LogP contribution >= 0.6 is 0 Å². The van der Waals surface area contributed by atoms with Gasteiger partial charge in [0.15, 0.2) is 0 Å². The number of carbonyl (C=O) groups is 3. The fourth-order valence-corrected chi connectivity index (χ4v) is 7.43. The highest BCUT2D eigenvalue weighted by Crippen LogP contribution is 2.26. The number of halogens is 1. The third kappa shape index (κ3) is 8.74. The van der Waals surface area contributed by atoms with E-state index in [4.69, 9.17) is 10.5 Å². The number of aromatic amines is 1. The molecule has 0 unspecified atom stereocenters. The smallest absolute Gasteiger partial charge is 0.272 e. The van der Waals surface area contributed by atoms with Crippen LogP contribution in [-0.4, -0.2) is 114 Å². The van der Waals surface area contributed by atoms with Gasteiger partial charge in [0, 0.05) is 57.6 Å². The van der Waals surface area contributed by atoms with Gasteiger partial charge in [-0.2, -0.15) is 5.10 Å². The van der Waals surface area contributed by atoms with Crippen LogP contribution in [0.1, 0.15) is 66.6 Å². The Balaban J connectivity index is 0.911. The number of likely N-dealkylation sites (tertiary alicyclic amines) is 1. The number of carbonyl (C=O) groups excluding carboxylic acids is 3. The number of nitrogens with zero attached hydrogens (tertiary/aromatic N) is 4. The van der Waals surface area contributed by atoms with Crippen LogP contribution in [0, 0.1) is 11.7 Å². The minimum atomic E-state index is -0.604. The third-order valence-corrected chi connectivity index (χ3v) is 10.4. The van der Waals surface area contributed by atoms with Crippen molar-refractivity contribution in [3.63, 3.8) is 0 Å². The lowest BCUT2D eigenvalue weighted by Crippen LogP contribution is -2.53. The number of H-pyrrole nitrogens is 1. The SMILES string of the molecule is N[C@@H](C(=O)NCCOC1CCN(CC(=O)N2CCN(C(=O)c3cc(Cc4n[nH]c(=O)c5ccccc45)ccc3F)CC2)CC1)C1CCCCC1. The fraction of sp³-hybridized carbons (Fsp3) is 0.541. The Morgan fingerprint density at radius 2 is 1.64 bits per heavy atom. The molecular formula is C37H48FN7O5. The van der Waals surface area contributed by atoms with Gasteiger partial charge in [-0.05, 0) is 55.4 Å². The number of amides is 3.